The van der Waals surface area contributed by atoms with Crippen molar-refractivity contribution in [3.05, 3.63) is 103 Å². The summed E-state index contributed by atoms with van der Waals surface area (Å²) in [7, 11) is 0. The van der Waals surface area contributed by atoms with E-state index in [1.165, 1.54) is 5.56 Å². The van der Waals surface area contributed by atoms with Crippen LogP contribution in [-0.2, 0) is 6.42 Å². The van der Waals surface area contributed by atoms with Gasteiger partial charge in [0.15, 0.2) is 0 Å². The minimum atomic E-state index is 0.743. The molecule has 7 heteroatoms. The summed E-state index contributed by atoms with van der Waals surface area (Å²) >= 11 is 0. The normalized spacial score (nSPS) is 11.2. The van der Waals surface area contributed by atoms with Crippen molar-refractivity contribution in [3.8, 4) is 22.6 Å². The smallest absolute Gasteiger partial charge is 0.137 e. The summed E-state index contributed by atoms with van der Waals surface area (Å²) in [5.74, 6) is 0. The summed E-state index contributed by atoms with van der Waals surface area (Å²) in [6, 6.07) is 22.2. The molecular weight excluding hydrogens is 422 g/mol. The molecule has 6 aromatic rings. The number of nitrogens with zero attached hydrogens (tertiary/aromatic N) is 4. The van der Waals surface area contributed by atoms with Crippen LogP contribution in [0.1, 0.15) is 5.56 Å². The van der Waals surface area contributed by atoms with Crippen molar-refractivity contribution >= 4 is 27.8 Å². The van der Waals surface area contributed by atoms with Crippen LogP contribution in [0.2, 0.25) is 0 Å². The largest absolute Gasteiger partial charge is 0.358 e. The van der Waals surface area contributed by atoms with Crippen LogP contribution in [0.25, 0.3) is 44.7 Å². The van der Waals surface area contributed by atoms with Crippen LogP contribution in [-0.4, -0.2) is 30.1 Å². The van der Waals surface area contributed by atoms with Gasteiger partial charge in [0.1, 0.15) is 16.9 Å². The number of H-pyrrole nitrogens is 2. The van der Waals surface area contributed by atoms with E-state index in [1.54, 1.807) is 12.4 Å². The van der Waals surface area contributed by atoms with Crippen LogP contribution in [0.3, 0.4) is 0 Å². The molecule has 0 amide bonds. The van der Waals surface area contributed by atoms with Gasteiger partial charge in [-0.2, -0.15) is 5.10 Å². The third-order valence-corrected chi connectivity index (χ3v) is 5.67. The predicted octanol–water partition coefficient (Wildman–Crippen LogP) is 5.73. The van der Waals surface area contributed by atoms with Crippen molar-refractivity contribution in [2.45, 2.75) is 6.42 Å². The molecule has 34 heavy (non-hydrogen) atoms. The molecule has 0 fully saturated rings. The van der Waals surface area contributed by atoms with Crippen LogP contribution in [0.4, 0.5) is 5.69 Å². The molecule has 0 unspecified atom stereocenters. The second-order valence-electron chi connectivity index (χ2n) is 8.14. The second kappa shape index (κ2) is 8.29. The highest BCUT2D eigenvalue weighted by molar-refractivity contribution is 5.93. The van der Waals surface area contributed by atoms with Crippen LogP contribution in [0.15, 0.2) is 97.6 Å². The molecule has 0 aliphatic rings. The lowest BCUT2D eigenvalue weighted by molar-refractivity contribution is 1.12. The summed E-state index contributed by atoms with van der Waals surface area (Å²) in [4.78, 5) is 17.0. The summed E-state index contributed by atoms with van der Waals surface area (Å²) in [6.07, 6.45) is 6.11. The lowest BCUT2D eigenvalue weighted by Gasteiger charge is -2.11. The van der Waals surface area contributed by atoms with Gasteiger partial charge in [0.05, 0.1) is 28.8 Å². The number of benzene rings is 1. The van der Waals surface area contributed by atoms with Crippen molar-refractivity contribution < 1.29 is 0 Å². The second-order valence-corrected chi connectivity index (χ2v) is 8.14. The van der Waals surface area contributed by atoms with E-state index in [4.69, 9.17) is 4.98 Å². The van der Waals surface area contributed by atoms with Crippen LogP contribution in [0, 0.1) is 0 Å². The van der Waals surface area contributed by atoms with Crippen LogP contribution in [0.5, 0.6) is 0 Å². The number of allylic oxidation sites excluding steroid dienone is 1. The van der Waals surface area contributed by atoms with Gasteiger partial charge >= 0.3 is 0 Å². The van der Waals surface area contributed by atoms with Gasteiger partial charge < -0.3 is 10.3 Å². The minimum Gasteiger partial charge on any atom is -0.358 e. The molecule has 0 aliphatic carbocycles. The predicted molar refractivity (Wildman–Crippen MR) is 135 cm³/mol. The topological polar surface area (TPSA) is 95.2 Å². The van der Waals surface area contributed by atoms with Crippen molar-refractivity contribution in [1.29, 1.82) is 0 Å². The summed E-state index contributed by atoms with van der Waals surface area (Å²) < 4.78 is 0. The Morgan fingerprint density at radius 2 is 1.88 bits per heavy atom. The first-order valence-electron chi connectivity index (χ1n) is 11.0. The molecule has 0 atom stereocenters. The first-order valence-corrected chi connectivity index (χ1v) is 11.0. The SMILES string of the molecule is C=C(Cc1ccccc1)Nc1cncc(-c2ccc3[nH]nc(-c4cc5cccnc5[nH]4)c3n2)c1. The summed E-state index contributed by atoms with van der Waals surface area (Å²) in [5, 5.41) is 12.0. The molecule has 0 saturated heterocycles. The Morgan fingerprint density at radius 1 is 0.971 bits per heavy atom. The highest BCUT2D eigenvalue weighted by atomic mass is 15.1. The van der Waals surface area contributed by atoms with Gasteiger partial charge in [-0.1, -0.05) is 36.9 Å². The summed E-state index contributed by atoms with van der Waals surface area (Å²) in [5.41, 5.74) is 8.80. The molecular formula is C27H21N7. The van der Waals surface area contributed by atoms with Gasteiger partial charge in [-0.25, -0.2) is 9.97 Å². The number of fused-ring (bicyclic) bond motifs is 2. The molecule has 0 spiro atoms. The number of anilines is 1. The van der Waals surface area contributed by atoms with Gasteiger partial charge in [0.25, 0.3) is 0 Å². The molecule has 1 aromatic carbocycles. The number of hydrogen-bond acceptors (Lipinski definition) is 5. The van der Waals surface area contributed by atoms with E-state index in [1.807, 2.05) is 60.8 Å². The average molecular weight is 444 g/mol. The highest BCUT2D eigenvalue weighted by Gasteiger charge is 2.14. The zero-order valence-electron chi connectivity index (χ0n) is 18.3. The molecule has 0 radical (unpaired) electrons. The first-order chi connectivity index (χ1) is 16.7. The van der Waals surface area contributed by atoms with Gasteiger partial charge in [-0.3, -0.25) is 10.1 Å². The first kappa shape index (κ1) is 19.9. The molecule has 164 valence electrons. The number of nitrogens with one attached hydrogen (secondary N) is 3. The fourth-order valence-corrected chi connectivity index (χ4v) is 4.07. The van der Waals surface area contributed by atoms with Crippen LogP contribution < -0.4 is 5.32 Å². The van der Waals surface area contributed by atoms with Crippen LogP contribution >= 0.6 is 0 Å². The van der Waals surface area contributed by atoms with Gasteiger partial charge in [0.2, 0.25) is 0 Å². The van der Waals surface area contributed by atoms with Crippen molar-refractivity contribution in [2.75, 3.05) is 5.32 Å². The van der Waals surface area contributed by atoms with Crippen molar-refractivity contribution in [1.82, 2.24) is 30.1 Å². The Morgan fingerprint density at radius 3 is 2.76 bits per heavy atom. The Labute approximate surface area is 195 Å². The third-order valence-electron chi connectivity index (χ3n) is 5.67. The van der Waals surface area contributed by atoms with E-state index in [9.17, 15) is 0 Å². The Kier molecular flexibility index (Phi) is 4.85. The van der Waals surface area contributed by atoms with E-state index in [0.717, 1.165) is 62.5 Å². The van der Waals surface area contributed by atoms with Crippen molar-refractivity contribution in [3.63, 3.8) is 0 Å². The fraction of sp³-hybridized carbons (Fsp3) is 0.0370. The maximum Gasteiger partial charge on any atom is 0.137 e. The molecule has 7 nitrogen and oxygen atoms in total. The lowest BCUT2D eigenvalue weighted by Crippen LogP contribution is -2.02. The number of aromatic amines is 2. The maximum absolute atomic E-state index is 4.92. The number of rotatable bonds is 6. The monoisotopic (exact) mass is 443 g/mol. The quantitative estimate of drug-likeness (QED) is 0.305. The molecule has 0 bridgehead atoms. The Balaban J connectivity index is 1.30. The Bertz CT molecular complexity index is 1600. The maximum atomic E-state index is 4.92. The van der Waals surface area contributed by atoms with Gasteiger partial charge in [-0.15, -0.1) is 0 Å². The standard InChI is InChI=1S/C27H21N7/c1-17(12-18-6-3-2-4-7-18)30-21-13-20(15-28-16-21)22-9-10-23-25(31-22)26(34-33-23)24-14-19-8-5-11-29-27(19)32-24/h2-11,13-16,30H,1,12H2,(H,29,32)(H,33,34). The van der Waals surface area contributed by atoms with E-state index in [-0.39, 0.29) is 0 Å². The molecule has 0 aliphatic heterocycles. The molecule has 6 rings (SSSR count). The van der Waals surface area contributed by atoms with Gasteiger partial charge in [-0.05, 0) is 42.0 Å². The fourth-order valence-electron chi connectivity index (χ4n) is 4.07. The molecule has 3 N–H and O–H groups in total. The third kappa shape index (κ3) is 3.80. The van der Waals surface area contributed by atoms with E-state index >= 15 is 0 Å². The number of pyridine rings is 3. The van der Waals surface area contributed by atoms with Crippen molar-refractivity contribution in [2.24, 2.45) is 0 Å². The number of hydrogen-bond donors (Lipinski definition) is 3. The van der Waals surface area contributed by atoms with E-state index < -0.39 is 0 Å². The van der Waals surface area contributed by atoms with E-state index in [2.05, 4.69) is 49.2 Å². The zero-order chi connectivity index (χ0) is 22.9. The molecule has 5 aromatic heterocycles. The average Bonchev–Trinajstić information content (AvgIpc) is 3.48. The highest BCUT2D eigenvalue weighted by Crippen LogP contribution is 2.29. The number of aromatic nitrogens is 6. The minimum absolute atomic E-state index is 0.743. The zero-order valence-corrected chi connectivity index (χ0v) is 18.3. The molecule has 0 saturated carbocycles. The Hall–Kier alpha value is -4.78. The summed E-state index contributed by atoms with van der Waals surface area (Å²) in [6.45, 7) is 4.17. The van der Waals surface area contributed by atoms with Gasteiger partial charge in [0, 0.05) is 35.5 Å². The molecule has 5 heterocycles. The van der Waals surface area contributed by atoms with E-state index in [0.29, 0.717) is 0 Å². The lowest BCUT2D eigenvalue weighted by atomic mass is 10.1.